The molecule has 2 aromatic carbocycles. The molecule has 6 nitrogen and oxygen atoms in total. The quantitative estimate of drug-likeness (QED) is 0.301. The zero-order valence-corrected chi connectivity index (χ0v) is 22.4. The Morgan fingerprint density at radius 3 is 1.62 bits per heavy atom. The zero-order chi connectivity index (χ0) is 23.4. The molecule has 0 spiro atoms. The molecule has 0 aliphatic rings. The largest absolute Gasteiger partial charge is 1.00 e. The van der Waals surface area contributed by atoms with E-state index in [1.54, 1.807) is 14.2 Å². The number of halogens is 2. The van der Waals surface area contributed by atoms with Gasteiger partial charge < -0.3 is 36.8 Å². The van der Waals surface area contributed by atoms with Crippen LogP contribution in [0.3, 0.4) is 0 Å². The molecule has 8 heteroatoms. The van der Waals surface area contributed by atoms with Crippen LogP contribution >= 0.6 is 12.4 Å². The highest BCUT2D eigenvalue weighted by Gasteiger charge is 2.26. The van der Waals surface area contributed by atoms with Crippen LogP contribution in [0.2, 0.25) is 0 Å². The third-order valence-corrected chi connectivity index (χ3v) is 5.98. The number of quaternary nitrogens is 1. The van der Waals surface area contributed by atoms with Crippen LogP contribution in [0.5, 0.6) is 11.5 Å². The minimum atomic E-state index is -0.250. The molecule has 0 radical (unpaired) electrons. The van der Waals surface area contributed by atoms with Crippen molar-refractivity contribution in [2.24, 2.45) is 5.73 Å². The third kappa shape index (κ3) is 11.4. The minimum absolute atomic E-state index is 0. The molecule has 0 bridgehead atoms. The van der Waals surface area contributed by atoms with Crippen molar-refractivity contribution in [3.63, 3.8) is 0 Å². The van der Waals surface area contributed by atoms with Gasteiger partial charge in [0.15, 0.2) is 0 Å². The number of esters is 1. The molecule has 2 aromatic rings. The van der Waals surface area contributed by atoms with Crippen molar-refractivity contribution >= 4 is 18.4 Å². The van der Waals surface area contributed by atoms with Crippen molar-refractivity contribution < 1.29 is 35.9 Å². The van der Waals surface area contributed by atoms with E-state index in [-0.39, 0.29) is 43.2 Å². The lowest BCUT2D eigenvalue weighted by molar-refractivity contribution is -0.910. The Labute approximate surface area is 217 Å². The van der Waals surface area contributed by atoms with Crippen LogP contribution in [0.1, 0.15) is 30.4 Å². The summed E-state index contributed by atoms with van der Waals surface area (Å²) in [5, 5.41) is 0. The fourth-order valence-corrected chi connectivity index (χ4v) is 4.14. The van der Waals surface area contributed by atoms with Gasteiger partial charge in [-0.2, -0.15) is 0 Å². The number of rotatable bonds is 14. The molecule has 2 N–H and O–H groups in total. The number of benzene rings is 2. The topological polar surface area (TPSA) is 70.8 Å². The summed E-state index contributed by atoms with van der Waals surface area (Å²) in [6.07, 6.45) is 4.36. The smallest absolute Gasteiger partial charge is 0.307 e. The van der Waals surface area contributed by atoms with Crippen LogP contribution in [0.4, 0.5) is 0 Å². The first-order valence-corrected chi connectivity index (χ1v) is 11.3. The lowest BCUT2D eigenvalue weighted by atomic mass is 10.1. The van der Waals surface area contributed by atoms with Crippen molar-refractivity contribution in [3.05, 3.63) is 59.7 Å². The molecule has 192 valence electrons. The number of carbonyl (C=O) groups is 1. The summed E-state index contributed by atoms with van der Waals surface area (Å²) in [5.74, 6) is 1.50. The van der Waals surface area contributed by atoms with Gasteiger partial charge in [-0.3, -0.25) is 4.79 Å². The third-order valence-electron chi connectivity index (χ3n) is 5.98. The molecule has 0 fully saturated rings. The van der Waals surface area contributed by atoms with E-state index in [0.717, 1.165) is 61.3 Å². The summed E-state index contributed by atoms with van der Waals surface area (Å²) >= 11 is 0. The molecule has 0 heterocycles. The molecule has 0 saturated heterocycles. The predicted octanol–water partition coefficient (Wildman–Crippen LogP) is 1.03. The van der Waals surface area contributed by atoms with Gasteiger partial charge in [0.1, 0.15) is 11.5 Å². The SMILES string of the molecule is COC(=O)C[C@H](N)C[N+](C)(CCCc1ccc(OC)cc1)CCCc1ccc(OC)cc1.Cl.[Cl-]. The van der Waals surface area contributed by atoms with Crippen molar-refractivity contribution in [2.45, 2.75) is 38.1 Å². The second-order valence-corrected chi connectivity index (χ2v) is 8.69. The Hall–Kier alpha value is -1.99. The highest BCUT2D eigenvalue weighted by Crippen LogP contribution is 2.17. The van der Waals surface area contributed by atoms with Crippen LogP contribution in [0, 0.1) is 0 Å². The lowest BCUT2D eigenvalue weighted by Crippen LogP contribution is -3.00. The second kappa shape index (κ2) is 16.6. The van der Waals surface area contributed by atoms with E-state index < -0.39 is 0 Å². The number of hydrogen-bond acceptors (Lipinski definition) is 5. The number of nitrogens with two attached hydrogens (primary N) is 1. The van der Waals surface area contributed by atoms with Crippen LogP contribution in [0.25, 0.3) is 0 Å². The number of hydrogen-bond donors (Lipinski definition) is 1. The first kappa shape index (κ1) is 32.0. The molecule has 2 rings (SSSR count). The summed E-state index contributed by atoms with van der Waals surface area (Å²) in [6.45, 7) is 2.76. The van der Waals surface area contributed by atoms with Crippen molar-refractivity contribution in [1.82, 2.24) is 0 Å². The maximum absolute atomic E-state index is 11.7. The fourth-order valence-electron chi connectivity index (χ4n) is 4.14. The molecule has 0 aromatic heterocycles. The van der Waals surface area contributed by atoms with Crippen LogP contribution in [-0.4, -0.2) is 64.5 Å². The number of methoxy groups -OCH3 is 3. The number of ether oxygens (including phenoxy) is 3. The monoisotopic (exact) mass is 514 g/mol. The highest BCUT2D eigenvalue weighted by atomic mass is 35.5. The van der Waals surface area contributed by atoms with Crippen molar-refractivity contribution in [3.8, 4) is 11.5 Å². The van der Waals surface area contributed by atoms with E-state index in [1.807, 2.05) is 24.3 Å². The van der Waals surface area contributed by atoms with Gasteiger partial charge in [0, 0.05) is 12.8 Å². The number of likely N-dealkylation sites (N-methyl/N-ethyl adjacent to an activating group) is 1. The van der Waals surface area contributed by atoms with E-state index in [2.05, 4.69) is 31.3 Å². The number of carbonyl (C=O) groups excluding carboxylic acids is 1. The van der Waals surface area contributed by atoms with E-state index in [0.29, 0.717) is 0 Å². The summed E-state index contributed by atoms with van der Waals surface area (Å²) in [6, 6.07) is 16.3. The summed E-state index contributed by atoms with van der Waals surface area (Å²) in [7, 11) is 7.02. The Balaban J connectivity index is 0.00000544. The molecule has 34 heavy (non-hydrogen) atoms. The second-order valence-electron chi connectivity index (χ2n) is 8.69. The standard InChI is InChI=1S/C26H39N2O4.2ClH/c1-28(20-23(27)19-26(29)32-4,17-5-7-21-9-13-24(30-2)14-10-21)18-6-8-22-11-15-25(31-3)16-12-22;;/h9-16,23H,5-8,17-20,27H2,1-4H3;2*1H/q+1;;/p-1/t23-;;/m0../s1. The Kier molecular flexibility index (Phi) is 15.6. The van der Waals surface area contributed by atoms with Gasteiger partial charge in [0.25, 0.3) is 0 Å². The van der Waals surface area contributed by atoms with Gasteiger partial charge in [-0.25, -0.2) is 0 Å². The first-order chi connectivity index (χ1) is 15.4. The normalized spacial score (nSPS) is 11.6. The molecule has 1 atom stereocenters. The first-order valence-electron chi connectivity index (χ1n) is 11.3. The molecule has 0 unspecified atom stereocenters. The number of nitrogens with zero attached hydrogens (tertiary/aromatic N) is 1. The lowest BCUT2D eigenvalue weighted by Gasteiger charge is -2.37. The zero-order valence-electron chi connectivity index (χ0n) is 20.8. The Morgan fingerprint density at radius 2 is 1.26 bits per heavy atom. The predicted molar refractivity (Wildman–Crippen MR) is 135 cm³/mol. The van der Waals surface area contributed by atoms with Gasteiger partial charge in [-0.15, -0.1) is 12.4 Å². The molecule has 0 aliphatic heterocycles. The van der Waals surface area contributed by atoms with Gasteiger partial charge in [0.05, 0.1) is 60.5 Å². The van der Waals surface area contributed by atoms with Crippen molar-refractivity contribution in [1.29, 1.82) is 0 Å². The fraction of sp³-hybridized carbons (Fsp3) is 0.500. The van der Waals surface area contributed by atoms with Crippen LogP contribution < -0.4 is 27.6 Å². The molecular formula is C26H40Cl2N2O4. The van der Waals surface area contributed by atoms with Gasteiger partial charge in [-0.1, -0.05) is 24.3 Å². The van der Waals surface area contributed by atoms with E-state index in [9.17, 15) is 4.79 Å². The van der Waals surface area contributed by atoms with E-state index in [1.165, 1.54) is 18.2 Å². The Morgan fingerprint density at radius 1 is 0.853 bits per heavy atom. The highest BCUT2D eigenvalue weighted by molar-refractivity contribution is 5.85. The molecule has 0 aliphatic carbocycles. The van der Waals surface area contributed by atoms with E-state index >= 15 is 0 Å². The summed E-state index contributed by atoms with van der Waals surface area (Å²) < 4.78 is 16.1. The molecule has 0 amide bonds. The van der Waals surface area contributed by atoms with E-state index in [4.69, 9.17) is 19.9 Å². The summed E-state index contributed by atoms with van der Waals surface area (Å²) in [5.41, 5.74) is 8.92. The minimum Gasteiger partial charge on any atom is -1.00 e. The van der Waals surface area contributed by atoms with Crippen LogP contribution in [-0.2, 0) is 22.4 Å². The molecule has 0 saturated carbocycles. The Bertz CT molecular complexity index is 763. The van der Waals surface area contributed by atoms with Crippen LogP contribution in [0.15, 0.2) is 48.5 Å². The average molecular weight is 516 g/mol. The molecular weight excluding hydrogens is 475 g/mol. The van der Waals surface area contributed by atoms with Crippen molar-refractivity contribution in [2.75, 3.05) is 48.0 Å². The summed E-state index contributed by atoms with van der Waals surface area (Å²) in [4.78, 5) is 11.7. The van der Waals surface area contributed by atoms with Gasteiger partial charge in [-0.05, 0) is 48.2 Å². The maximum Gasteiger partial charge on any atom is 0.307 e. The van der Waals surface area contributed by atoms with Gasteiger partial charge in [0.2, 0.25) is 0 Å². The maximum atomic E-state index is 11.7. The van der Waals surface area contributed by atoms with Gasteiger partial charge >= 0.3 is 5.97 Å². The number of aryl methyl sites for hydroxylation is 2. The average Bonchev–Trinajstić information content (AvgIpc) is 2.79.